The number of nitrogens with zero attached hydrogens (tertiary/aromatic N) is 2. The first-order valence-electron chi connectivity index (χ1n) is 6.28. The Labute approximate surface area is 147 Å². The van der Waals surface area contributed by atoms with Crippen LogP contribution < -0.4 is 10.9 Å². The summed E-state index contributed by atoms with van der Waals surface area (Å²) in [5.74, 6) is 0. The van der Waals surface area contributed by atoms with Gasteiger partial charge in [-0.05, 0) is 0 Å². The van der Waals surface area contributed by atoms with E-state index in [1.54, 1.807) is 24.3 Å². The molecule has 0 saturated carbocycles. The Morgan fingerprint density at radius 2 is 1.16 bits per heavy atom. The van der Waals surface area contributed by atoms with Crippen LogP contribution in [0, 0.1) is 31.7 Å². The summed E-state index contributed by atoms with van der Waals surface area (Å²) in [6.07, 6.45) is 0. The minimum atomic E-state index is -4.64. The van der Waals surface area contributed by atoms with Gasteiger partial charge in [-0.25, -0.2) is 4.57 Å². The fourth-order valence-electron chi connectivity index (χ4n) is 1.96. The van der Waals surface area contributed by atoms with Crippen molar-refractivity contribution in [2.75, 3.05) is 0 Å². The predicted octanol–water partition coefficient (Wildman–Crippen LogP) is 1.22. The van der Waals surface area contributed by atoms with Gasteiger partial charge in [0, 0.05) is 10.8 Å². The Morgan fingerprint density at radius 1 is 0.840 bits per heavy atom. The molecule has 25 heavy (non-hydrogen) atoms. The van der Waals surface area contributed by atoms with Gasteiger partial charge < -0.3 is 14.7 Å². The van der Waals surface area contributed by atoms with Crippen LogP contribution in [0.25, 0.3) is 10.8 Å². The maximum atomic E-state index is 12.4. The van der Waals surface area contributed by atoms with Gasteiger partial charge in [0.15, 0.2) is 0 Å². The summed E-state index contributed by atoms with van der Waals surface area (Å²) < 4.78 is 9.37. The Balaban J connectivity index is 0.000000399. The van der Waals surface area contributed by atoms with E-state index in [1.165, 1.54) is 0 Å². The molecular weight excluding hydrogens is 387 g/mol. The molecule has 0 fully saturated rings. The second kappa shape index (κ2) is 7.21. The van der Waals surface area contributed by atoms with Crippen molar-refractivity contribution in [2.24, 2.45) is 0 Å². The van der Waals surface area contributed by atoms with Crippen molar-refractivity contribution in [2.45, 2.75) is 0 Å². The molecule has 2 aliphatic rings. The molecule has 3 N–H and O–H groups in total. The van der Waals surface area contributed by atoms with Gasteiger partial charge in [0.2, 0.25) is 10.9 Å². The zero-order valence-corrected chi connectivity index (χ0v) is 14.6. The first-order chi connectivity index (χ1) is 11.7. The van der Waals surface area contributed by atoms with Crippen molar-refractivity contribution >= 4 is 41.3 Å². The lowest BCUT2D eigenvalue weighted by atomic mass is 10.1. The lowest BCUT2D eigenvalue weighted by molar-refractivity contribution is 0.275. The summed E-state index contributed by atoms with van der Waals surface area (Å²) >= 11 is 1.82. The fraction of sp³-hybridized carbons (Fsp3) is 0. The SMILES string of the molecule is N#Cc1sc2c(=O)c3ccccc3c(=O)c=2sc1C#N.O=P(O)(O)O. The smallest absolute Gasteiger partial charge is 0.303 e. The minimum Gasteiger partial charge on any atom is -0.303 e. The standard InChI is InChI=1S/C14H4N2O2S2.H3O4P/c15-5-9-10(6-16)20-14-12(18)8-4-2-1-3-7(8)11(17)13(14)19-9;1-5(2,3)4/h1-4H;(H3,1,2,3,4). The van der Waals surface area contributed by atoms with Crippen LogP contribution in [0.2, 0.25) is 0 Å². The first-order valence-corrected chi connectivity index (χ1v) is 9.48. The number of phosphoric acid groups is 1. The Hall–Kier alpha value is -2.43. The van der Waals surface area contributed by atoms with Crippen molar-refractivity contribution in [1.29, 1.82) is 10.5 Å². The van der Waals surface area contributed by atoms with Crippen LogP contribution in [-0.2, 0) is 4.57 Å². The van der Waals surface area contributed by atoms with Crippen LogP contribution in [0.3, 0.4) is 0 Å². The predicted molar refractivity (Wildman–Crippen MR) is 91.2 cm³/mol. The van der Waals surface area contributed by atoms with E-state index in [1.807, 2.05) is 12.1 Å². The van der Waals surface area contributed by atoms with E-state index in [2.05, 4.69) is 0 Å². The molecule has 1 aromatic carbocycles. The number of nitriles is 2. The average molecular weight is 394 g/mol. The van der Waals surface area contributed by atoms with Gasteiger partial charge in [0.1, 0.15) is 21.9 Å². The van der Waals surface area contributed by atoms with E-state index >= 15 is 0 Å². The van der Waals surface area contributed by atoms with Crippen LogP contribution in [-0.4, -0.2) is 14.7 Å². The van der Waals surface area contributed by atoms with Crippen molar-refractivity contribution in [3.8, 4) is 12.1 Å². The molecule has 1 aliphatic heterocycles. The highest BCUT2D eigenvalue weighted by Gasteiger charge is 2.12. The molecule has 0 atom stereocenters. The van der Waals surface area contributed by atoms with Gasteiger partial charge in [0.25, 0.3) is 0 Å². The summed E-state index contributed by atoms with van der Waals surface area (Å²) in [4.78, 5) is 46.7. The molecule has 11 heteroatoms. The number of hydrogen-bond acceptors (Lipinski definition) is 7. The molecule has 0 saturated heterocycles. The van der Waals surface area contributed by atoms with E-state index in [9.17, 15) is 9.59 Å². The molecule has 1 heterocycles. The molecule has 0 bridgehead atoms. The highest BCUT2D eigenvalue weighted by atomic mass is 32.1. The van der Waals surface area contributed by atoms with Crippen LogP contribution in [0.15, 0.2) is 33.9 Å². The van der Waals surface area contributed by atoms with E-state index in [-0.39, 0.29) is 29.7 Å². The quantitative estimate of drug-likeness (QED) is 0.480. The summed E-state index contributed by atoms with van der Waals surface area (Å²) in [5.41, 5.74) is -0.533. The van der Waals surface area contributed by atoms with Crippen LogP contribution >= 0.6 is 30.5 Å². The monoisotopic (exact) mass is 394 g/mol. The van der Waals surface area contributed by atoms with Gasteiger partial charge in [-0.1, -0.05) is 24.3 Å². The Bertz CT molecular complexity index is 1180. The van der Waals surface area contributed by atoms with Crippen LogP contribution in [0.4, 0.5) is 0 Å². The summed E-state index contributed by atoms with van der Waals surface area (Å²) in [7, 11) is -4.64. The normalized spacial score (nSPS) is 10.6. The van der Waals surface area contributed by atoms with Crippen molar-refractivity contribution < 1.29 is 19.2 Å². The maximum absolute atomic E-state index is 12.4. The molecule has 0 radical (unpaired) electrons. The molecule has 1 aromatic rings. The van der Waals surface area contributed by atoms with Crippen molar-refractivity contribution in [3.05, 3.63) is 63.5 Å². The van der Waals surface area contributed by atoms with Crippen LogP contribution in [0.1, 0.15) is 9.75 Å². The topological polar surface area (TPSA) is 159 Å². The molecule has 0 amide bonds. The molecular formula is C14H7N2O6PS2. The molecule has 3 rings (SSSR count). The van der Waals surface area contributed by atoms with Gasteiger partial charge in [-0.15, -0.1) is 22.7 Å². The minimum absolute atomic E-state index is 0.164. The zero-order chi connectivity index (χ0) is 18.8. The lowest BCUT2D eigenvalue weighted by Crippen LogP contribution is -2.13. The number of rotatable bonds is 0. The summed E-state index contributed by atoms with van der Waals surface area (Å²) in [6, 6.07) is 10.4. The Morgan fingerprint density at radius 3 is 1.44 bits per heavy atom. The van der Waals surface area contributed by atoms with Gasteiger partial charge in [0.05, 0.1) is 9.06 Å². The van der Waals surface area contributed by atoms with Gasteiger partial charge >= 0.3 is 7.82 Å². The van der Waals surface area contributed by atoms with E-state index in [0.29, 0.717) is 10.8 Å². The highest BCUT2D eigenvalue weighted by Crippen LogP contribution is 2.25. The third kappa shape index (κ3) is 4.16. The average Bonchev–Trinajstić information content (AvgIpc) is 2.57. The van der Waals surface area contributed by atoms with Crippen LogP contribution in [0.5, 0.6) is 0 Å². The molecule has 1 aliphatic carbocycles. The summed E-state index contributed by atoms with van der Waals surface area (Å²) in [5, 5.41) is 18.7. The zero-order valence-electron chi connectivity index (χ0n) is 12.0. The molecule has 126 valence electrons. The largest absolute Gasteiger partial charge is 0.466 e. The van der Waals surface area contributed by atoms with E-state index in [4.69, 9.17) is 29.8 Å². The molecule has 0 unspecified atom stereocenters. The van der Waals surface area contributed by atoms with E-state index < -0.39 is 7.82 Å². The second-order valence-electron chi connectivity index (χ2n) is 4.46. The number of benzene rings is 1. The lowest BCUT2D eigenvalue weighted by Gasteiger charge is -1.98. The van der Waals surface area contributed by atoms with Crippen molar-refractivity contribution in [3.63, 3.8) is 0 Å². The maximum Gasteiger partial charge on any atom is 0.466 e. The molecule has 8 nitrogen and oxygen atoms in total. The van der Waals surface area contributed by atoms with Gasteiger partial charge in [-0.3, -0.25) is 9.59 Å². The van der Waals surface area contributed by atoms with E-state index in [0.717, 1.165) is 22.7 Å². The molecule has 0 aromatic heterocycles. The first kappa shape index (κ1) is 18.9. The van der Waals surface area contributed by atoms with Crippen molar-refractivity contribution in [1.82, 2.24) is 0 Å². The molecule has 0 spiro atoms. The number of hydrogen-bond donors (Lipinski definition) is 3. The summed E-state index contributed by atoms with van der Waals surface area (Å²) in [6.45, 7) is 0. The van der Waals surface area contributed by atoms with Gasteiger partial charge in [-0.2, -0.15) is 10.5 Å². The second-order valence-corrected chi connectivity index (χ2v) is 7.53. The fourth-order valence-corrected chi connectivity index (χ4v) is 4.01. The highest BCUT2D eigenvalue weighted by molar-refractivity contribution is 7.45. The third-order valence-corrected chi connectivity index (χ3v) is 5.30. The Kier molecular flexibility index (Phi) is 5.45. The number of fused-ring (bicyclic) bond motifs is 1. The third-order valence-electron chi connectivity index (χ3n) is 2.85.